The molecule has 0 atom stereocenters. The molecule has 0 saturated carbocycles. The minimum absolute atomic E-state index is 0.0942. The molecule has 8 heteroatoms. The molecule has 3 aromatic heterocycles. The Kier molecular flexibility index (Phi) is 4.06. The number of nitrogens with two attached hydrogens (primary N) is 1. The van der Waals surface area contributed by atoms with Crippen molar-refractivity contribution in [3.8, 4) is 0 Å². The van der Waals surface area contributed by atoms with Gasteiger partial charge >= 0.3 is 0 Å². The standard InChI is InChI=1S/C16H17N5O2S/c1-8-9(2)19-20-16-12(8)13(17)14(24-16)15(23)18-6-10-4-5-11(22)21(3)7-10/h4-5,7H,6,17H2,1-3H3,(H,18,23). The third-order valence-electron chi connectivity index (χ3n) is 3.94. The summed E-state index contributed by atoms with van der Waals surface area (Å²) < 4.78 is 1.47. The molecule has 3 heterocycles. The van der Waals surface area contributed by atoms with Crippen molar-refractivity contribution in [3.63, 3.8) is 0 Å². The summed E-state index contributed by atoms with van der Waals surface area (Å²) in [6.45, 7) is 4.09. The highest BCUT2D eigenvalue weighted by atomic mass is 32.1. The summed E-state index contributed by atoms with van der Waals surface area (Å²) in [6.07, 6.45) is 1.69. The number of fused-ring (bicyclic) bond motifs is 1. The largest absolute Gasteiger partial charge is 0.397 e. The van der Waals surface area contributed by atoms with Gasteiger partial charge in [0, 0.05) is 31.2 Å². The molecule has 0 unspecified atom stereocenters. The lowest BCUT2D eigenvalue weighted by Crippen LogP contribution is -2.24. The van der Waals surface area contributed by atoms with Crippen LogP contribution in [0.2, 0.25) is 0 Å². The van der Waals surface area contributed by atoms with Gasteiger partial charge < -0.3 is 15.6 Å². The lowest BCUT2D eigenvalue weighted by Gasteiger charge is -2.06. The second kappa shape index (κ2) is 6.04. The Labute approximate surface area is 142 Å². The average molecular weight is 343 g/mol. The van der Waals surface area contributed by atoms with Crippen LogP contribution < -0.4 is 16.6 Å². The fourth-order valence-electron chi connectivity index (χ4n) is 2.43. The van der Waals surface area contributed by atoms with Gasteiger partial charge in [-0.3, -0.25) is 9.59 Å². The smallest absolute Gasteiger partial charge is 0.263 e. The molecule has 0 aliphatic rings. The first-order valence-electron chi connectivity index (χ1n) is 7.34. The van der Waals surface area contributed by atoms with Crippen molar-refractivity contribution >= 4 is 33.1 Å². The average Bonchev–Trinajstić information content (AvgIpc) is 2.89. The van der Waals surface area contributed by atoms with Crippen molar-refractivity contribution in [3.05, 3.63) is 50.4 Å². The normalized spacial score (nSPS) is 11.0. The number of thiophene rings is 1. The van der Waals surface area contributed by atoms with E-state index in [0.29, 0.717) is 21.9 Å². The zero-order valence-electron chi connectivity index (χ0n) is 13.6. The Balaban J connectivity index is 1.86. The molecular formula is C16H17N5O2S. The van der Waals surface area contributed by atoms with Crippen molar-refractivity contribution < 1.29 is 4.79 Å². The lowest BCUT2D eigenvalue weighted by molar-refractivity contribution is 0.0955. The third kappa shape index (κ3) is 2.76. The van der Waals surface area contributed by atoms with Gasteiger partial charge in [0.2, 0.25) is 5.56 Å². The first-order chi connectivity index (χ1) is 11.4. The number of nitrogen functional groups attached to an aromatic ring is 1. The fourth-order valence-corrected chi connectivity index (χ4v) is 3.44. The minimum atomic E-state index is -0.263. The molecule has 0 saturated heterocycles. The van der Waals surface area contributed by atoms with Crippen molar-refractivity contribution in [1.82, 2.24) is 20.1 Å². The molecule has 124 valence electrons. The van der Waals surface area contributed by atoms with Gasteiger partial charge in [0.25, 0.3) is 5.91 Å². The summed E-state index contributed by atoms with van der Waals surface area (Å²) in [4.78, 5) is 24.9. The molecular weight excluding hydrogens is 326 g/mol. The molecule has 3 rings (SSSR count). The molecule has 7 nitrogen and oxygen atoms in total. The number of anilines is 1. The van der Waals surface area contributed by atoms with Gasteiger partial charge in [0.15, 0.2) is 0 Å². The highest BCUT2D eigenvalue weighted by molar-refractivity contribution is 7.21. The number of nitrogens with one attached hydrogen (secondary N) is 1. The van der Waals surface area contributed by atoms with Crippen LogP contribution in [0.15, 0.2) is 23.1 Å². The van der Waals surface area contributed by atoms with E-state index in [4.69, 9.17) is 5.73 Å². The van der Waals surface area contributed by atoms with Gasteiger partial charge in [0.1, 0.15) is 9.71 Å². The number of aryl methyl sites for hydroxylation is 3. The molecule has 0 fully saturated rings. The summed E-state index contributed by atoms with van der Waals surface area (Å²) in [5.74, 6) is -0.263. The Bertz CT molecular complexity index is 1010. The Hall–Kier alpha value is -2.74. The van der Waals surface area contributed by atoms with E-state index in [2.05, 4.69) is 15.5 Å². The van der Waals surface area contributed by atoms with Crippen LogP contribution in [0, 0.1) is 13.8 Å². The van der Waals surface area contributed by atoms with Crippen molar-refractivity contribution in [1.29, 1.82) is 0 Å². The van der Waals surface area contributed by atoms with Crippen LogP contribution in [-0.2, 0) is 13.6 Å². The SMILES string of the molecule is Cc1nnc2sc(C(=O)NCc3ccc(=O)n(C)c3)c(N)c2c1C. The number of carbonyl (C=O) groups is 1. The van der Waals surface area contributed by atoms with Gasteiger partial charge in [-0.1, -0.05) is 6.07 Å². The van der Waals surface area contributed by atoms with E-state index in [-0.39, 0.29) is 11.5 Å². The molecule has 3 aromatic rings. The zero-order valence-corrected chi connectivity index (χ0v) is 14.4. The first kappa shape index (κ1) is 16.1. The van der Waals surface area contributed by atoms with E-state index >= 15 is 0 Å². The van der Waals surface area contributed by atoms with Crippen LogP contribution in [0.1, 0.15) is 26.5 Å². The maximum Gasteiger partial charge on any atom is 0.263 e. The first-order valence-corrected chi connectivity index (χ1v) is 8.15. The maximum atomic E-state index is 12.5. The molecule has 0 bridgehead atoms. The Morgan fingerprint density at radius 1 is 1.33 bits per heavy atom. The lowest BCUT2D eigenvalue weighted by atomic mass is 10.1. The van der Waals surface area contributed by atoms with Crippen LogP contribution >= 0.6 is 11.3 Å². The van der Waals surface area contributed by atoms with Gasteiger partial charge in [-0.25, -0.2) is 0 Å². The molecule has 0 aliphatic heterocycles. The number of carbonyl (C=O) groups excluding carboxylic acids is 1. The molecule has 1 amide bonds. The van der Waals surface area contributed by atoms with Gasteiger partial charge in [0.05, 0.1) is 11.4 Å². The summed E-state index contributed by atoms with van der Waals surface area (Å²) in [7, 11) is 1.67. The van der Waals surface area contributed by atoms with Crippen LogP contribution in [-0.4, -0.2) is 20.7 Å². The number of hydrogen-bond acceptors (Lipinski definition) is 6. The van der Waals surface area contributed by atoms with E-state index in [0.717, 1.165) is 22.2 Å². The fraction of sp³-hybridized carbons (Fsp3) is 0.250. The molecule has 0 aromatic carbocycles. The molecule has 0 aliphatic carbocycles. The number of amides is 1. The quantitative estimate of drug-likeness (QED) is 0.750. The summed E-state index contributed by atoms with van der Waals surface area (Å²) >= 11 is 1.23. The second-order valence-electron chi connectivity index (χ2n) is 5.60. The number of hydrogen-bond donors (Lipinski definition) is 2. The van der Waals surface area contributed by atoms with E-state index in [1.54, 1.807) is 19.3 Å². The second-order valence-corrected chi connectivity index (χ2v) is 6.60. The maximum absolute atomic E-state index is 12.5. The van der Waals surface area contributed by atoms with E-state index in [9.17, 15) is 9.59 Å². The molecule has 3 N–H and O–H groups in total. The van der Waals surface area contributed by atoms with E-state index in [1.807, 2.05) is 13.8 Å². The van der Waals surface area contributed by atoms with Crippen LogP contribution in [0.3, 0.4) is 0 Å². The number of pyridine rings is 1. The monoisotopic (exact) mass is 343 g/mol. The van der Waals surface area contributed by atoms with Crippen LogP contribution in [0.4, 0.5) is 5.69 Å². The van der Waals surface area contributed by atoms with Gasteiger partial charge in [-0.15, -0.1) is 16.4 Å². The van der Waals surface area contributed by atoms with Gasteiger partial charge in [-0.2, -0.15) is 5.10 Å². The Morgan fingerprint density at radius 2 is 2.08 bits per heavy atom. The predicted molar refractivity (Wildman–Crippen MR) is 94.2 cm³/mol. The minimum Gasteiger partial charge on any atom is -0.397 e. The third-order valence-corrected chi connectivity index (χ3v) is 5.03. The number of rotatable bonds is 3. The topological polar surface area (TPSA) is 103 Å². The van der Waals surface area contributed by atoms with Crippen molar-refractivity contribution in [2.45, 2.75) is 20.4 Å². The van der Waals surface area contributed by atoms with Gasteiger partial charge in [-0.05, 0) is 25.0 Å². The number of aromatic nitrogens is 3. The highest BCUT2D eigenvalue weighted by Gasteiger charge is 2.19. The zero-order chi connectivity index (χ0) is 17.4. The highest BCUT2D eigenvalue weighted by Crippen LogP contribution is 2.34. The van der Waals surface area contributed by atoms with Crippen LogP contribution in [0.25, 0.3) is 10.2 Å². The summed E-state index contributed by atoms with van der Waals surface area (Å²) in [6, 6.07) is 3.16. The predicted octanol–water partition coefficient (Wildman–Crippen LogP) is 1.52. The van der Waals surface area contributed by atoms with Crippen LogP contribution in [0.5, 0.6) is 0 Å². The molecule has 0 radical (unpaired) electrons. The molecule has 24 heavy (non-hydrogen) atoms. The Morgan fingerprint density at radius 3 is 2.79 bits per heavy atom. The summed E-state index contributed by atoms with van der Waals surface area (Å²) in [5.41, 5.74) is 9.06. The van der Waals surface area contributed by atoms with Crippen molar-refractivity contribution in [2.75, 3.05) is 5.73 Å². The number of nitrogens with zero attached hydrogens (tertiary/aromatic N) is 3. The molecule has 0 spiro atoms. The van der Waals surface area contributed by atoms with E-state index < -0.39 is 0 Å². The summed E-state index contributed by atoms with van der Waals surface area (Å²) in [5, 5.41) is 11.8. The van der Waals surface area contributed by atoms with Crippen molar-refractivity contribution in [2.24, 2.45) is 7.05 Å². The van der Waals surface area contributed by atoms with E-state index in [1.165, 1.54) is 22.0 Å².